The van der Waals surface area contributed by atoms with Crippen LogP contribution in [0, 0.1) is 6.92 Å². The molecular formula is C20H33IN4O3S. The minimum Gasteiger partial charge on any atom is -0.488 e. The topological polar surface area (TPSA) is 75.2 Å². The maximum Gasteiger partial charge on any atom is 0.241 e. The summed E-state index contributed by atoms with van der Waals surface area (Å²) in [5.74, 6) is 2.44. The van der Waals surface area contributed by atoms with Gasteiger partial charge in [0.05, 0.1) is 26.3 Å². The molecular weight excluding hydrogens is 503 g/mol. The number of hydrogen-bond acceptors (Lipinski definition) is 5. The second-order valence-corrected chi connectivity index (χ2v) is 7.93. The standard InChI is InChI=1S/C20H32N4O3S.HI/c1-15-5-6-16(18(11-15)27-17-7-9-26-14-17)12-22-20(21-8-10-28-4)23-13-19(25)24(2)3;/h5-6,11,17H,7-10,12-14H2,1-4H3,(H2,21,22,23);1H. The third-order valence-electron chi connectivity index (χ3n) is 4.32. The number of thioether (sulfide) groups is 1. The van der Waals surface area contributed by atoms with Crippen LogP contribution in [0.15, 0.2) is 23.2 Å². The number of carbonyl (C=O) groups excluding carboxylic acids is 1. The van der Waals surface area contributed by atoms with E-state index in [0.717, 1.165) is 42.2 Å². The van der Waals surface area contributed by atoms with Gasteiger partial charge in [-0.3, -0.25) is 4.79 Å². The molecule has 1 heterocycles. The Hall–Kier alpha value is -1.20. The fraction of sp³-hybridized carbons (Fsp3) is 0.600. The van der Waals surface area contributed by atoms with E-state index in [1.165, 1.54) is 0 Å². The van der Waals surface area contributed by atoms with Crippen LogP contribution in [0.3, 0.4) is 0 Å². The lowest BCUT2D eigenvalue weighted by Crippen LogP contribution is -2.43. The molecule has 0 aliphatic carbocycles. The molecule has 1 atom stereocenters. The third kappa shape index (κ3) is 9.43. The highest BCUT2D eigenvalue weighted by Gasteiger charge is 2.18. The minimum atomic E-state index is -0.0000387. The number of hydrogen-bond donors (Lipinski definition) is 2. The number of benzene rings is 1. The number of aryl methyl sites for hydroxylation is 1. The number of halogens is 1. The van der Waals surface area contributed by atoms with E-state index in [9.17, 15) is 4.79 Å². The zero-order valence-corrected chi connectivity index (χ0v) is 20.8. The Kier molecular flexibility index (Phi) is 12.4. The molecule has 9 heteroatoms. The molecule has 0 aromatic heterocycles. The molecule has 1 fully saturated rings. The van der Waals surface area contributed by atoms with Crippen LogP contribution in [-0.2, 0) is 16.1 Å². The molecule has 164 valence electrons. The Morgan fingerprint density at radius 2 is 2.17 bits per heavy atom. The van der Waals surface area contributed by atoms with Gasteiger partial charge in [-0.25, -0.2) is 4.99 Å². The van der Waals surface area contributed by atoms with E-state index in [1.807, 2.05) is 6.07 Å². The third-order valence-corrected chi connectivity index (χ3v) is 4.93. The van der Waals surface area contributed by atoms with E-state index in [2.05, 4.69) is 40.9 Å². The number of aliphatic imine (C=N–C) groups is 1. The zero-order valence-electron chi connectivity index (χ0n) is 17.7. The van der Waals surface area contributed by atoms with Crippen molar-refractivity contribution in [2.45, 2.75) is 26.0 Å². The monoisotopic (exact) mass is 536 g/mol. The van der Waals surface area contributed by atoms with Gasteiger partial charge in [0.15, 0.2) is 5.96 Å². The van der Waals surface area contributed by atoms with Gasteiger partial charge >= 0.3 is 0 Å². The van der Waals surface area contributed by atoms with Crippen molar-refractivity contribution in [2.24, 2.45) is 4.99 Å². The summed E-state index contributed by atoms with van der Waals surface area (Å²) < 4.78 is 11.6. The summed E-state index contributed by atoms with van der Waals surface area (Å²) >= 11 is 1.76. The van der Waals surface area contributed by atoms with Crippen molar-refractivity contribution < 1.29 is 14.3 Å². The molecule has 1 aliphatic rings. The number of nitrogens with one attached hydrogen (secondary N) is 2. The highest BCUT2D eigenvalue weighted by atomic mass is 127. The molecule has 1 amide bonds. The molecule has 7 nitrogen and oxygen atoms in total. The van der Waals surface area contributed by atoms with Gasteiger partial charge < -0.3 is 25.0 Å². The van der Waals surface area contributed by atoms with Crippen LogP contribution in [0.5, 0.6) is 5.75 Å². The summed E-state index contributed by atoms with van der Waals surface area (Å²) in [4.78, 5) is 18.1. The van der Waals surface area contributed by atoms with Crippen molar-refractivity contribution in [3.63, 3.8) is 0 Å². The number of rotatable bonds is 9. The molecule has 1 aliphatic heterocycles. The number of carbonyl (C=O) groups is 1. The lowest BCUT2D eigenvalue weighted by molar-refractivity contribution is -0.127. The number of nitrogens with zero attached hydrogens (tertiary/aromatic N) is 2. The molecule has 2 N–H and O–H groups in total. The molecule has 1 unspecified atom stereocenters. The summed E-state index contributed by atoms with van der Waals surface area (Å²) in [7, 11) is 3.48. The first kappa shape index (κ1) is 25.8. The molecule has 0 bridgehead atoms. The van der Waals surface area contributed by atoms with Crippen LogP contribution >= 0.6 is 35.7 Å². The van der Waals surface area contributed by atoms with Crippen LogP contribution < -0.4 is 15.4 Å². The van der Waals surface area contributed by atoms with Gasteiger partial charge in [-0.05, 0) is 24.8 Å². The first-order valence-corrected chi connectivity index (χ1v) is 10.9. The molecule has 0 spiro atoms. The lowest BCUT2D eigenvalue weighted by atomic mass is 10.1. The average Bonchev–Trinajstić information content (AvgIpc) is 3.17. The maximum absolute atomic E-state index is 11.9. The number of guanidine groups is 1. The van der Waals surface area contributed by atoms with Crippen molar-refractivity contribution in [1.82, 2.24) is 15.5 Å². The maximum atomic E-state index is 11.9. The summed E-state index contributed by atoms with van der Waals surface area (Å²) in [5.41, 5.74) is 2.16. The van der Waals surface area contributed by atoms with E-state index in [4.69, 9.17) is 9.47 Å². The van der Waals surface area contributed by atoms with Crippen molar-refractivity contribution in [2.75, 3.05) is 52.4 Å². The van der Waals surface area contributed by atoms with Gasteiger partial charge in [-0.15, -0.1) is 24.0 Å². The Labute approximate surface area is 195 Å². The summed E-state index contributed by atoms with van der Waals surface area (Å²) in [5, 5.41) is 6.39. The Balaban J connectivity index is 0.00000420. The van der Waals surface area contributed by atoms with Gasteiger partial charge in [-0.2, -0.15) is 11.8 Å². The number of amides is 1. The first-order valence-electron chi connectivity index (χ1n) is 9.54. The van der Waals surface area contributed by atoms with Crippen LogP contribution in [0.25, 0.3) is 0 Å². The SMILES string of the molecule is CSCCNC(=NCc1ccc(C)cc1OC1CCOC1)NCC(=O)N(C)C.I. The van der Waals surface area contributed by atoms with Gasteiger partial charge in [-0.1, -0.05) is 12.1 Å². The van der Waals surface area contributed by atoms with Crippen molar-refractivity contribution in [3.05, 3.63) is 29.3 Å². The molecule has 29 heavy (non-hydrogen) atoms. The van der Waals surface area contributed by atoms with Crippen LogP contribution in [0.2, 0.25) is 0 Å². The Morgan fingerprint density at radius 1 is 1.38 bits per heavy atom. The Morgan fingerprint density at radius 3 is 2.83 bits per heavy atom. The molecule has 1 aromatic rings. The van der Waals surface area contributed by atoms with Gasteiger partial charge in [0.1, 0.15) is 11.9 Å². The first-order chi connectivity index (χ1) is 13.5. The highest BCUT2D eigenvalue weighted by Crippen LogP contribution is 2.24. The van der Waals surface area contributed by atoms with E-state index in [1.54, 1.807) is 30.8 Å². The smallest absolute Gasteiger partial charge is 0.241 e. The zero-order chi connectivity index (χ0) is 20.4. The molecule has 2 rings (SSSR count). The van der Waals surface area contributed by atoms with E-state index in [-0.39, 0.29) is 42.5 Å². The highest BCUT2D eigenvalue weighted by molar-refractivity contribution is 14.0. The fourth-order valence-corrected chi connectivity index (χ4v) is 2.92. The largest absolute Gasteiger partial charge is 0.488 e. The van der Waals surface area contributed by atoms with E-state index in [0.29, 0.717) is 19.1 Å². The molecule has 1 aromatic carbocycles. The number of ether oxygens (including phenoxy) is 2. The predicted octanol–water partition coefficient (Wildman–Crippen LogP) is 2.27. The predicted molar refractivity (Wildman–Crippen MR) is 131 cm³/mol. The second-order valence-electron chi connectivity index (χ2n) is 6.94. The Bertz CT molecular complexity index is 667. The summed E-state index contributed by atoms with van der Waals surface area (Å²) in [6, 6.07) is 6.16. The van der Waals surface area contributed by atoms with Crippen molar-refractivity contribution in [1.29, 1.82) is 0 Å². The molecule has 0 saturated carbocycles. The van der Waals surface area contributed by atoms with E-state index < -0.39 is 0 Å². The molecule has 0 radical (unpaired) electrons. The molecule has 1 saturated heterocycles. The van der Waals surface area contributed by atoms with Crippen LogP contribution in [0.1, 0.15) is 17.5 Å². The van der Waals surface area contributed by atoms with Gasteiger partial charge in [0, 0.05) is 38.4 Å². The average molecular weight is 536 g/mol. The number of likely N-dealkylation sites (N-methyl/N-ethyl adjacent to an activating group) is 1. The van der Waals surface area contributed by atoms with Crippen LogP contribution in [-0.4, -0.2) is 75.3 Å². The van der Waals surface area contributed by atoms with Gasteiger partial charge in [0.25, 0.3) is 0 Å². The quantitative estimate of drug-likeness (QED) is 0.218. The normalized spacial score (nSPS) is 16.1. The van der Waals surface area contributed by atoms with E-state index >= 15 is 0 Å². The fourth-order valence-electron chi connectivity index (χ4n) is 2.61. The lowest BCUT2D eigenvalue weighted by Gasteiger charge is -2.17. The minimum absolute atomic E-state index is 0. The second kappa shape index (κ2) is 13.9. The van der Waals surface area contributed by atoms with Crippen molar-refractivity contribution in [3.8, 4) is 5.75 Å². The summed E-state index contributed by atoms with van der Waals surface area (Å²) in [6.45, 7) is 4.88. The van der Waals surface area contributed by atoms with Gasteiger partial charge in [0.2, 0.25) is 5.91 Å². The summed E-state index contributed by atoms with van der Waals surface area (Å²) in [6.07, 6.45) is 3.07. The van der Waals surface area contributed by atoms with Crippen LogP contribution in [0.4, 0.5) is 0 Å². The van der Waals surface area contributed by atoms with Crippen molar-refractivity contribution >= 4 is 47.6 Å².